The molecule has 0 spiro atoms. The Morgan fingerprint density at radius 3 is 2.08 bits per heavy atom. The number of hydrogen-bond acceptors (Lipinski definition) is 3. The first-order valence-electron chi connectivity index (χ1n) is 8.89. The van der Waals surface area contributed by atoms with Gasteiger partial charge in [-0.2, -0.15) is 0 Å². The van der Waals surface area contributed by atoms with Crippen molar-refractivity contribution < 1.29 is 14.1 Å². The fourth-order valence-electron chi connectivity index (χ4n) is 2.92. The summed E-state index contributed by atoms with van der Waals surface area (Å²) in [7, 11) is -0.493. The summed E-state index contributed by atoms with van der Waals surface area (Å²) in [5.41, 5.74) is 2.21. The summed E-state index contributed by atoms with van der Waals surface area (Å²) in [6.45, 7) is 14.5. The molecule has 0 radical (unpaired) electrons. The average Bonchev–Trinajstić information content (AvgIpc) is 2.73. The minimum atomic E-state index is -0.493. The summed E-state index contributed by atoms with van der Waals surface area (Å²) in [6, 6.07) is 9.91. The first-order chi connectivity index (χ1) is 11.5. The number of allylic oxidation sites excluding steroid dienone is 1. The summed E-state index contributed by atoms with van der Waals surface area (Å²) in [4.78, 5) is 12.7. The quantitative estimate of drug-likeness (QED) is 0.825. The maximum atomic E-state index is 12.7. The van der Waals surface area contributed by atoms with Crippen LogP contribution in [0.4, 0.5) is 0 Å². The monoisotopic (exact) mass is 343 g/mol. The first-order valence-corrected chi connectivity index (χ1v) is 8.89. The summed E-state index contributed by atoms with van der Waals surface area (Å²) >= 11 is 0. The van der Waals surface area contributed by atoms with E-state index in [1.165, 1.54) is 0 Å². The van der Waals surface area contributed by atoms with Crippen LogP contribution in [0.15, 0.2) is 41.4 Å². The van der Waals surface area contributed by atoms with Crippen molar-refractivity contribution in [1.82, 2.24) is 5.32 Å². The van der Waals surface area contributed by atoms with E-state index in [9.17, 15) is 4.79 Å². The van der Waals surface area contributed by atoms with E-state index in [-0.39, 0.29) is 11.8 Å². The van der Waals surface area contributed by atoms with E-state index in [2.05, 4.69) is 5.32 Å². The highest BCUT2D eigenvalue weighted by molar-refractivity contribution is 6.55. The van der Waals surface area contributed by atoms with E-state index in [0.29, 0.717) is 6.54 Å². The van der Waals surface area contributed by atoms with Gasteiger partial charge in [-0.25, -0.2) is 0 Å². The number of nitrogens with one attached hydrogen (secondary N) is 1. The van der Waals surface area contributed by atoms with Crippen molar-refractivity contribution in [3.05, 3.63) is 46.9 Å². The Balaban J connectivity index is 2.10. The zero-order valence-electron chi connectivity index (χ0n) is 16.5. The molecule has 1 aromatic rings. The molecule has 0 aliphatic carbocycles. The third kappa shape index (κ3) is 4.34. The molecule has 0 aromatic heterocycles. The normalized spacial score (nSPS) is 19.4. The topological polar surface area (TPSA) is 47.6 Å². The van der Waals surface area contributed by atoms with Gasteiger partial charge in [-0.15, -0.1) is 0 Å². The Hall–Kier alpha value is -1.59. The van der Waals surface area contributed by atoms with Gasteiger partial charge in [0.05, 0.1) is 17.1 Å². The molecule has 0 bridgehead atoms. The van der Waals surface area contributed by atoms with Gasteiger partial charge in [0.25, 0.3) is 0 Å². The standard InChI is InChI=1S/C20H30BNO3/c1-14(2)17(21-24-19(4,5)20(6,7)25-21)15(3)18(23)22-13-16-11-9-8-10-12-16/h8-12,15H,13H2,1-7H3,(H,22,23). The van der Waals surface area contributed by atoms with E-state index in [0.717, 1.165) is 16.6 Å². The van der Waals surface area contributed by atoms with Crippen LogP contribution in [0.3, 0.4) is 0 Å². The lowest BCUT2D eigenvalue weighted by Crippen LogP contribution is -2.41. The highest BCUT2D eigenvalue weighted by Gasteiger charge is 2.53. The molecule has 1 aliphatic rings. The van der Waals surface area contributed by atoms with Gasteiger partial charge in [0, 0.05) is 6.54 Å². The van der Waals surface area contributed by atoms with Crippen LogP contribution >= 0.6 is 0 Å². The molecule has 5 heteroatoms. The highest BCUT2D eigenvalue weighted by Crippen LogP contribution is 2.40. The average molecular weight is 343 g/mol. The van der Waals surface area contributed by atoms with Crippen LogP contribution in [0.1, 0.15) is 54.0 Å². The smallest absolute Gasteiger partial charge is 0.400 e. The molecule has 1 aliphatic heterocycles. The van der Waals surface area contributed by atoms with Crippen LogP contribution in [0.2, 0.25) is 0 Å². The second-order valence-electron chi connectivity index (χ2n) is 7.97. The number of amides is 1. The molecule has 1 aromatic carbocycles. The van der Waals surface area contributed by atoms with Crippen LogP contribution in [-0.4, -0.2) is 24.2 Å². The van der Waals surface area contributed by atoms with Crippen molar-refractivity contribution in [2.45, 2.75) is 66.2 Å². The summed E-state index contributed by atoms with van der Waals surface area (Å²) in [6.07, 6.45) is 0. The minimum Gasteiger partial charge on any atom is -0.400 e. The van der Waals surface area contributed by atoms with Gasteiger partial charge in [-0.05, 0) is 52.6 Å². The molecule has 25 heavy (non-hydrogen) atoms. The van der Waals surface area contributed by atoms with Gasteiger partial charge in [0.1, 0.15) is 0 Å². The lowest BCUT2D eigenvalue weighted by molar-refractivity contribution is -0.123. The van der Waals surface area contributed by atoms with E-state index in [1.54, 1.807) is 0 Å². The van der Waals surface area contributed by atoms with Crippen LogP contribution in [-0.2, 0) is 20.6 Å². The molecule has 1 atom stereocenters. The number of rotatable bonds is 5. The van der Waals surface area contributed by atoms with E-state index in [4.69, 9.17) is 9.31 Å². The van der Waals surface area contributed by atoms with Crippen molar-refractivity contribution in [3.63, 3.8) is 0 Å². The molecule has 1 fully saturated rings. The third-order valence-corrected chi connectivity index (χ3v) is 5.25. The lowest BCUT2D eigenvalue weighted by Gasteiger charge is -2.32. The maximum absolute atomic E-state index is 12.7. The fraction of sp³-hybridized carbons (Fsp3) is 0.550. The largest absolute Gasteiger partial charge is 0.491 e. The zero-order chi connectivity index (χ0) is 18.8. The predicted molar refractivity (Wildman–Crippen MR) is 102 cm³/mol. The van der Waals surface area contributed by atoms with Gasteiger partial charge in [0.2, 0.25) is 5.91 Å². The van der Waals surface area contributed by atoms with Crippen molar-refractivity contribution in [2.24, 2.45) is 5.92 Å². The Kier molecular flexibility index (Phi) is 5.80. The maximum Gasteiger partial charge on any atom is 0.491 e. The van der Waals surface area contributed by atoms with Crippen molar-refractivity contribution in [3.8, 4) is 0 Å². The molecule has 1 saturated heterocycles. The molecule has 136 valence electrons. The van der Waals surface area contributed by atoms with Crippen LogP contribution < -0.4 is 5.32 Å². The molecule has 0 saturated carbocycles. The molecule has 1 N–H and O–H groups in total. The van der Waals surface area contributed by atoms with Gasteiger partial charge >= 0.3 is 7.12 Å². The van der Waals surface area contributed by atoms with Gasteiger partial charge in [-0.3, -0.25) is 4.79 Å². The predicted octanol–water partition coefficient (Wildman–Crippen LogP) is 3.91. The molecule has 4 nitrogen and oxygen atoms in total. The van der Waals surface area contributed by atoms with Crippen LogP contribution in [0.5, 0.6) is 0 Å². The first kappa shape index (κ1) is 19.7. The fourth-order valence-corrected chi connectivity index (χ4v) is 2.92. The van der Waals surface area contributed by atoms with E-state index in [1.807, 2.05) is 78.8 Å². The third-order valence-electron chi connectivity index (χ3n) is 5.25. The number of carbonyl (C=O) groups excluding carboxylic acids is 1. The summed E-state index contributed by atoms with van der Waals surface area (Å²) < 4.78 is 12.3. The summed E-state index contributed by atoms with van der Waals surface area (Å²) in [5.74, 6) is -0.335. The molecule has 1 unspecified atom stereocenters. The lowest BCUT2D eigenvalue weighted by atomic mass is 9.69. The molecule has 2 rings (SSSR count). The van der Waals surface area contributed by atoms with Gasteiger partial charge < -0.3 is 14.6 Å². The molecule has 1 amide bonds. The minimum absolute atomic E-state index is 0.0187. The molecular formula is C20H30BNO3. The number of carbonyl (C=O) groups is 1. The van der Waals surface area contributed by atoms with E-state index < -0.39 is 18.3 Å². The van der Waals surface area contributed by atoms with Crippen molar-refractivity contribution >= 4 is 13.0 Å². The summed E-state index contributed by atoms with van der Waals surface area (Å²) in [5, 5.41) is 3.01. The SMILES string of the molecule is CC(C)=C(B1OC(C)(C)C(C)(C)O1)C(C)C(=O)NCc1ccccc1. The number of benzene rings is 1. The Morgan fingerprint density at radius 2 is 1.60 bits per heavy atom. The highest BCUT2D eigenvalue weighted by atomic mass is 16.7. The van der Waals surface area contributed by atoms with Gasteiger partial charge in [-0.1, -0.05) is 42.8 Å². The zero-order valence-corrected chi connectivity index (χ0v) is 16.5. The second-order valence-corrected chi connectivity index (χ2v) is 7.97. The molecular weight excluding hydrogens is 313 g/mol. The van der Waals surface area contributed by atoms with Crippen molar-refractivity contribution in [1.29, 1.82) is 0 Å². The Morgan fingerprint density at radius 1 is 1.08 bits per heavy atom. The number of hydrogen-bond donors (Lipinski definition) is 1. The van der Waals surface area contributed by atoms with Crippen LogP contribution in [0.25, 0.3) is 0 Å². The van der Waals surface area contributed by atoms with E-state index >= 15 is 0 Å². The van der Waals surface area contributed by atoms with Gasteiger partial charge in [0.15, 0.2) is 0 Å². The van der Waals surface area contributed by atoms with Crippen molar-refractivity contribution in [2.75, 3.05) is 0 Å². The Labute approximate surface area is 152 Å². The second kappa shape index (κ2) is 7.34. The Bertz CT molecular complexity index is 632. The molecule has 1 heterocycles. The van der Waals surface area contributed by atoms with Crippen LogP contribution in [0, 0.1) is 5.92 Å².